The second kappa shape index (κ2) is 9.97. The van der Waals surface area contributed by atoms with Gasteiger partial charge in [-0.25, -0.2) is 4.68 Å². The lowest BCUT2D eigenvalue weighted by atomic mass is 9.99. The highest BCUT2D eigenvalue weighted by molar-refractivity contribution is 5.95. The molecule has 0 bridgehead atoms. The second-order valence-corrected chi connectivity index (χ2v) is 10.2. The average molecular weight is 500 g/mol. The summed E-state index contributed by atoms with van der Waals surface area (Å²) < 4.78 is 7.61. The number of nitrogens with zero attached hydrogens (tertiary/aromatic N) is 3. The SMILES string of the molecule is Cn1nc(-c2ccc(C(=O)NC3CC3)cc2)nc1Nc1ccc(NC2CCCCO2)c(C=N)c1C1CC1. The number of carbonyl (C=O) groups excluding carboxylic acids is 1. The van der Waals surface area contributed by atoms with Crippen LogP contribution in [0.4, 0.5) is 17.3 Å². The highest BCUT2D eigenvalue weighted by atomic mass is 16.5. The van der Waals surface area contributed by atoms with Gasteiger partial charge in [-0.05, 0) is 80.7 Å². The maximum atomic E-state index is 12.3. The summed E-state index contributed by atoms with van der Waals surface area (Å²) in [5, 5.41) is 22.8. The summed E-state index contributed by atoms with van der Waals surface area (Å²) in [6.45, 7) is 0.775. The van der Waals surface area contributed by atoms with Crippen molar-refractivity contribution in [2.24, 2.45) is 7.05 Å². The largest absolute Gasteiger partial charge is 0.360 e. The van der Waals surface area contributed by atoms with E-state index in [1.807, 2.05) is 37.4 Å². The molecule has 1 atom stereocenters. The first kappa shape index (κ1) is 23.7. The molecule has 192 valence electrons. The lowest BCUT2D eigenvalue weighted by Gasteiger charge is -2.26. The molecule has 9 nitrogen and oxygen atoms in total. The number of carbonyl (C=O) groups is 1. The molecule has 1 saturated heterocycles. The standard InChI is InChI=1S/C28H33N7O2/c1-35-28(33-26(34-35)18-7-9-19(10-8-18)27(36)30-20-11-12-20)32-23-14-13-22(31-24-4-2-3-15-37-24)21(16-29)25(23)17-5-6-17/h7-10,13-14,16-17,20,24,29,31H,2-6,11-12,15H2,1H3,(H,30,36)(H,32,33,34). The number of benzene rings is 2. The summed E-state index contributed by atoms with van der Waals surface area (Å²) in [4.78, 5) is 17.0. The Bertz CT molecular complexity index is 1300. The number of aromatic nitrogens is 3. The van der Waals surface area contributed by atoms with Gasteiger partial charge in [0.2, 0.25) is 5.95 Å². The molecule has 9 heteroatoms. The Labute approximate surface area is 216 Å². The fourth-order valence-corrected chi connectivity index (χ4v) is 4.87. The highest BCUT2D eigenvalue weighted by Crippen LogP contribution is 2.47. The van der Waals surface area contributed by atoms with Gasteiger partial charge in [0.25, 0.3) is 5.91 Å². The van der Waals surface area contributed by atoms with Crippen LogP contribution in [0.1, 0.15) is 72.3 Å². The van der Waals surface area contributed by atoms with E-state index in [1.165, 1.54) is 6.21 Å². The number of hydrogen-bond donors (Lipinski definition) is 4. The Morgan fingerprint density at radius 2 is 1.84 bits per heavy atom. The van der Waals surface area contributed by atoms with Crippen molar-refractivity contribution < 1.29 is 9.53 Å². The van der Waals surface area contributed by atoms with Crippen LogP contribution in [-0.4, -0.2) is 45.8 Å². The number of hydrogen-bond acceptors (Lipinski definition) is 7. The summed E-state index contributed by atoms with van der Waals surface area (Å²) in [7, 11) is 1.86. The Morgan fingerprint density at radius 3 is 2.51 bits per heavy atom. The maximum absolute atomic E-state index is 12.3. The van der Waals surface area contributed by atoms with Gasteiger partial charge in [-0.15, -0.1) is 5.10 Å². The zero-order valence-electron chi connectivity index (χ0n) is 21.1. The molecule has 37 heavy (non-hydrogen) atoms. The van der Waals surface area contributed by atoms with Crippen LogP contribution in [0.3, 0.4) is 0 Å². The van der Waals surface area contributed by atoms with Gasteiger partial charge in [-0.3, -0.25) is 4.79 Å². The zero-order chi connectivity index (χ0) is 25.4. The van der Waals surface area contributed by atoms with Gasteiger partial charge < -0.3 is 26.1 Å². The molecular weight excluding hydrogens is 466 g/mol. The average Bonchev–Trinajstić information content (AvgIpc) is 3.85. The van der Waals surface area contributed by atoms with Gasteiger partial charge in [0.1, 0.15) is 6.23 Å². The lowest BCUT2D eigenvalue weighted by molar-refractivity contribution is 0.0343. The van der Waals surface area contributed by atoms with Crippen molar-refractivity contribution in [2.75, 3.05) is 17.2 Å². The minimum atomic E-state index is -0.0343. The molecule has 1 amide bonds. The van der Waals surface area contributed by atoms with Crippen LogP contribution in [0.5, 0.6) is 0 Å². The number of rotatable bonds is 9. The van der Waals surface area contributed by atoms with Crippen molar-refractivity contribution in [3.8, 4) is 11.4 Å². The minimum Gasteiger partial charge on any atom is -0.360 e. The van der Waals surface area contributed by atoms with Crippen molar-refractivity contribution in [3.05, 3.63) is 53.1 Å². The molecule has 2 heterocycles. The third-order valence-electron chi connectivity index (χ3n) is 7.24. The van der Waals surface area contributed by atoms with E-state index in [1.54, 1.807) is 4.68 Å². The van der Waals surface area contributed by atoms with E-state index in [2.05, 4.69) is 27.1 Å². The first-order chi connectivity index (χ1) is 18.1. The van der Waals surface area contributed by atoms with Crippen molar-refractivity contribution in [3.63, 3.8) is 0 Å². The zero-order valence-corrected chi connectivity index (χ0v) is 21.1. The van der Waals surface area contributed by atoms with Crippen LogP contribution in [0.25, 0.3) is 11.4 Å². The van der Waals surface area contributed by atoms with Crippen molar-refractivity contribution in [2.45, 2.75) is 63.1 Å². The quantitative estimate of drug-likeness (QED) is 0.310. The predicted molar refractivity (Wildman–Crippen MR) is 144 cm³/mol. The molecule has 0 spiro atoms. The van der Waals surface area contributed by atoms with E-state index in [0.29, 0.717) is 29.3 Å². The van der Waals surface area contributed by atoms with Gasteiger partial charge in [0.05, 0.1) is 0 Å². The van der Waals surface area contributed by atoms with E-state index >= 15 is 0 Å². The topological polar surface area (TPSA) is 117 Å². The van der Waals surface area contributed by atoms with Gasteiger partial charge in [0, 0.05) is 54.0 Å². The highest BCUT2D eigenvalue weighted by Gasteiger charge is 2.31. The van der Waals surface area contributed by atoms with E-state index in [9.17, 15) is 4.79 Å². The Hall–Kier alpha value is -3.72. The van der Waals surface area contributed by atoms with Crippen LogP contribution in [0.15, 0.2) is 36.4 Å². The van der Waals surface area contributed by atoms with Crippen LogP contribution in [0, 0.1) is 5.41 Å². The van der Waals surface area contributed by atoms with E-state index in [0.717, 1.165) is 79.6 Å². The van der Waals surface area contributed by atoms with Crippen LogP contribution in [0.2, 0.25) is 0 Å². The van der Waals surface area contributed by atoms with Gasteiger partial charge in [-0.1, -0.05) is 12.1 Å². The third kappa shape index (κ3) is 5.22. The monoisotopic (exact) mass is 499 g/mol. The molecule has 0 radical (unpaired) electrons. The smallest absolute Gasteiger partial charge is 0.251 e. The molecule has 2 aliphatic carbocycles. The van der Waals surface area contributed by atoms with Crippen LogP contribution < -0.4 is 16.0 Å². The second-order valence-electron chi connectivity index (χ2n) is 10.2. The Kier molecular flexibility index (Phi) is 6.38. The normalized spacial score (nSPS) is 19.3. The van der Waals surface area contributed by atoms with Crippen molar-refractivity contribution >= 4 is 29.4 Å². The maximum Gasteiger partial charge on any atom is 0.251 e. The summed E-state index contributed by atoms with van der Waals surface area (Å²) in [6, 6.07) is 11.8. The summed E-state index contributed by atoms with van der Waals surface area (Å²) in [5.74, 6) is 1.61. The third-order valence-corrected chi connectivity index (χ3v) is 7.24. The molecule has 4 N–H and O–H groups in total. The molecule has 2 aromatic carbocycles. The fraction of sp³-hybridized carbons (Fsp3) is 0.429. The molecule has 6 rings (SSSR count). The fourth-order valence-electron chi connectivity index (χ4n) is 4.87. The molecule has 3 aromatic rings. The van der Waals surface area contributed by atoms with Gasteiger partial charge >= 0.3 is 0 Å². The molecule has 3 fully saturated rings. The van der Waals surface area contributed by atoms with E-state index in [4.69, 9.17) is 15.1 Å². The molecule has 1 aliphatic heterocycles. The Balaban J connectivity index is 1.23. The van der Waals surface area contributed by atoms with Crippen molar-refractivity contribution in [1.29, 1.82) is 5.41 Å². The number of aryl methyl sites for hydroxylation is 1. The first-order valence-electron chi connectivity index (χ1n) is 13.2. The predicted octanol–water partition coefficient (Wildman–Crippen LogP) is 4.93. The van der Waals surface area contributed by atoms with E-state index < -0.39 is 0 Å². The number of ether oxygens (including phenoxy) is 1. The van der Waals surface area contributed by atoms with Crippen molar-refractivity contribution in [1.82, 2.24) is 20.1 Å². The minimum absolute atomic E-state index is 0.00854. The number of nitrogens with one attached hydrogen (secondary N) is 4. The first-order valence-corrected chi connectivity index (χ1v) is 13.2. The molecule has 2 saturated carbocycles. The molecule has 3 aliphatic rings. The number of anilines is 3. The lowest BCUT2D eigenvalue weighted by Crippen LogP contribution is -2.27. The van der Waals surface area contributed by atoms with Gasteiger partial charge in [0.15, 0.2) is 5.82 Å². The molecular formula is C28H33N7O2. The van der Waals surface area contributed by atoms with E-state index in [-0.39, 0.29) is 12.1 Å². The van der Waals surface area contributed by atoms with Crippen LogP contribution in [-0.2, 0) is 11.8 Å². The molecule has 1 aromatic heterocycles. The molecule has 1 unspecified atom stereocenters. The van der Waals surface area contributed by atoms with Gasteiger partial charge in [-0.2, -0.15) is 4.98 Å². The summed E-state index contributed by atoms with van der Waals surface area (Å²) in [5.41, 5.74) is 5.44. The summed E-state index contributed by atoms with van der Waals surface area (Å²) >= 11 is 0. The summed E-state index contributed by atoms with van der Waals surface area (Å²) in [6.07, 6.45) is 9.03. The van der Waals surface area contributed by atoms with Crippen LogP contribution >= 0.6 is 0 Å². The number of amides is 1. The Morgan fingerprint density at radius 1 is 1.05 bits per heavy atom.